The minimum atomic E-state index is -0.180. The molecule has 3 aromatic rings. The highest BCUT2D eigenvalue weighted by molar-refractivity contribution is 5.91. The van der Waals surface area contributed by atoms with Crippen LogP contribution < -0.4 is 5.32 Å². The number of hydrogen-bond donors (Lipinski definition) is 1. The number of hydrogen-bond acceptors (Lipinski definition) is 3. The molecule has 0 atom stereocenters. The van der Waals surface area contributed by atoms with Crippen molar-refractivity contribution in [2.45, 2.75) is 6.92 Å². The summed E-state index contributed by atoms with van der Waals surface area (Å²) in [6.45, 7) is 1.45. The lowest BCUT2D eigenvalue weighted by molar-refractivity contribution is -0.114. The number of benzene rings is 2. The normalized spacial score (nSPS) is 10.3. The summed E-state index contributed by atoms with van der Waals surface area (Å²) in [5.74, 6) is 1.30. The van der Waals surface area contributed by atoms with Crippen LogP contribution in [0.2, 0.25) is 0 Å². The van der Waals surface area contributed by atoms with Crippen LogP contribution in [-0.4, -0.2) is 10.9 Å². The molecule has 2 aromatic carbocycles. The number of carbonyl (C=O) groups excluding carboxylic acids is 1. The Bertz CT molecular complexity index is 749. The molecule has 21 heavy (non-hydrogen) atoms. The molecule has 0 spiro atoms. The fraction of sp³-hybridized carbons (Fsp3) is 0.0588. The van der Waals surface area contributed by atoms with Gasteiger partial charge in [0.25, 0.3) is 0 Å². The highest BCUT2D eigenvalue weighted by atomic mass is 16.4. The van der Waals surface area contributed by atoms with E-state index in [-0.39, 0.29) is 5.91 Å². The number of aromatic nitrogens is 1. The third-order valence-electron chi connectivity index (χ3n) is 2.98. The zero-order valence-electron chi connectivity index (χ0n) is 11.5. The maximum Gasteiger partial charge on any atom is 0.228 e. The molecule has 0 saturated heterocycles. The number of carbonyl (C=O) groups is 1. The predicted octanol–water partition coefficient (Wildman–Crippen LogP) is 3.97. The van der Waals surface area contributed by atoms with E-state index in [2.05, 4.69) is 10.3 Å². The monoisotopic (exact) mass is 278 g/mol. The molecule has 0 bridgehead atoms. The number of anilines is 1. The predicted molar refractivity (Wildman–Crippen MR) is 81.7 cm³/mol. The molecule has 1 heterocycles. The molecular formula is C17H14N2O2. The number of oxazole rings is 1. The summed E-state index contributed by atoms with van der Waals surface area (Å²) in [5, 5.41) is 2.72. The maximum atomic E-state index is 11.3. The van der Waals surface area contributed by atoms with E-state index in [9.17, 15) is 4.79 Å². The Hall–Kier alpha value is -2.88. The molecule has 0 radical (unpaired) electrons. The molecule has 0 unspecified atom stereocenters. The highest BCUT2D eigenvalue weighted by Gasteiger charge is 2.16. The second-order valence-corrected chi connectivity index (χ2v) is 4.61. The van der Waals surface area contributed by atoms with Gasteiger partial charge >= 0.3 is 0 Å². The minimum Gasteiger partial charge on any atom is -0.434 e. The first kappa shape index (κ1) is 13.1. The smallest absolute Gasteiger partial charge is 0.228 e. The van der Waals surface area contributed by atoms with Gasteiger partial charge in [-0.1, -0.05) is 48.5 Å². The van der Waals surface area contributed by atoms with E-state index in [4.69, 9.17) is 4.42 Å². The quantitative estimate of drug-likeness (QED) is 0.788. The van der Waals surface area contributed by atoms with Gasteiger partial charge in [0, 0.05) is 18.1 Å². The molecule has 1 aromatic heterocycles. The molecule has 3 rings (SSSR count). The molecule has 0 aliphatic rings. The van der Waals surface area contributed by atoms with Crippen molar-refractivity contribution < 1.29 is 9.21 Å². The van der Waals surface area contributed by atoms with Crippen LogP contribution in [0.4, 0.5) is 5.82 Å². The SMILES string of the molecule is CC(=O)Nc1nc(-c2ccccc2)oc1-c1ccccc1. The minimum absolute atomic E-state index is 0.180. The van der Waals surface area contributed by atoms with Gasteiger partial charge in [-0.05, 0) is 12.1 Å². The maximum absolute atomic E-state index is 11.3. The first-order valence-electron chi connectivity index (χ1n) is 6.63. The highest BCUT2D eigenvalue weighted by Crippen LogP contribution is 2.32. The third kappa shape index (κ3) is 2.84. The van der Waals surface area contributed by atoms with Gasteiger partial charge in [-0.2, -0.15) is 4.98 Å². The summed E-state index contributed by atoms with van der Waals surface area (Å²) >= 11 is 0. The van der Waals surface area contributed by atoms with Crippen molar-refractivity contribution in [3.05, 3.63) is 60.7 Å². The summed E-state index contributed by atoms with van der Waals surface area (Å²) in [5.41, 5.74) is 1.74. The van der Waals surface area contributed by atoms with Crippen LogP contribution in [0.15, 0.2) is 65.1 Å². The third-order valence-corrected chi connectivity index (χ3v) is 2.98. The number of nitrogens with one attached hydrogen (secondary N) is 1. The molecule has 4 heteroatoms. The summed E-state index contributed by atoms with van der Waals surface area (Å²) < 4.78 is 5.86. The molecular weight excluding hydrogens is 264 g/mol. The van der Waals surface area contributed by atoms with Gasteiger partial charge in [0.05, 0.1) is 0 Å². The zero-order valence-corrected chi connectivity index (χ0v) is 11.5. The number of amides is 1. The second-order valence-electron chi connectivity index (χ2n) is 4.61. The average Bonchev–Trinajstić information content (AvgIpc) is 2.92. The van der Waals surface area contributed by atoms with Crippen molar-refractivity contribution >= 4 is 11.7 Å². The van der Waals surface area contributed by atoms with E-state index in [1.54, 1.807) is 0 Å². The summed E-state index contributed by atoms with van der Waals surface area (Å²) in [7, 11) is 0. The van der Waals surface area contributed by atoms with Crippen LogP contribution in [-0.2, 0) is 4.79 Å². The van der Waals surface area contributed by atoms with Gasteiger partial charge in [-0.25, -0.2) is 0 Å². The fourth-order valence-corrected chi connectivity index (χ4v) is 2.06. The van der Waals surface area contributed by atoms with Crippen molar-refractivity contribution in [1.29, 1.82) is 0 Å². The number of rotatable bonds is 3. The molecule has 0 aliphatic heterocycles. The zero-order chi connectivity index (χ0) is 14.7. The molecule has 0 saturated carbocycles. The molecule has 1 N–H and O–H groups in total. The summed E-state index contributed by atoms with van der Waals surface area (Å²) in [6.07, 6.45) is 0. The van der Waals surface area contributed by atoms with Crippen molar-refractivity contribution in [2.24, 2.45) is 0 Å². The molecule has 4 nitrogen and oxygen atoms in total. The second kappa shape index (κ2) is 5.63. The lowest BCUT2D eigenvalue weighted by Crippen LogP contribution is -2.06. The van der Waals surface area contributed by atoms with Crippen LogP contribution in [0.25, 0.3) is 22.8 Å². The van der Waals surface area contributed by atoms with Crippen molar-refractivity contribution in [3.8, 4) is 22.8 Å². The van der Waals surface area contributed by atoms with E-state index in [0.717, 1.165) is 11.1 Å². The van der Waals surface area contributed by atoms with E-state index in [1.165, 1.54) is 6.92 Å². The Morgan fingerprint density at radius 1 is 0.952 bits per heavy atom. The summed E-state index contributed by atoms with van der Waals surface area (Å²) in [6, 6.07) is 19.2. The van der Waals surface area contributed by atoms with Gasteiger partial charge < -0.3 is 9.73 Å². The number of nitrogens with zero attached hydrogens (tertiary/aromatic N) is 1. The van der Waals surface area contributed by atoms with Crippen LogP contribution in [0.5, 0.6) is 0 Å². The van der Waals surface area contributed by atoms with Crippen LogP contribution in [0.1, 0.15) is 6.92 Å². The van der Waals surface area contributed by atoms with Gasteiger partial charge in [0.2, 0.25) is 11.8 Å². The Morgan fingerprint density at radius 2 is 1.52 bits per heavy atom. The van der Waals surface area contributed by atoms with Crippen molar-refractivity contribution in [2.75, 3.05) is 5.32 Å². The van der Waals surface area contributed by atoms with Crippen LogP contribution >= 0.6 is 0 Å². The summed E-state index contributed by atoms with van der Waals surface area (Å²) in [4.78, 5) is 15.7. The fourth-order valence-electron chi connectivity index (χ4n) is 2.06. The van der Waals surface area contributed by atoms with E-state index < -0.39 is 0 Å². The largest absolute Gasteiger partial charge is 0.434 e. The van der Waals surface area contributed by atoms with E-state index in [1.807, 2.05) is 60.7 Å². The van der Waals surface area contributed by atoms with E-state index >= 15 is 0 Å². The molecule has 0 fully saturated rings. The van der Waals surface area contributed by atoms with Crippen molar-refractivity contribution in [1.82, 2.24) is 4.98 Å². The van der Waals surface area contributed by atoms with Crippen LogP contribution in [0.3, 0.4) is 0 Å². The van der Waals surface area contributed by atoms with E-state index in [0.29, 0.717) is 17.5 Å². The Kier molecular flexibility index (Phi) is 3.51. The topological polar surface area (TPSA) is 55.1 Å². The first-order valence-corrected chi connectivity index (χ1v) is 6.63. The van der Waals surface area contributed by atoms with Gasteiger partial charge in [-0.3, -0.25) is 4.79 Å². The molecule has 104 valence electrons. The van der Waals surface area contributed by atoms with Gasteiger partial charge in [0.15, 0.2) is 11.6 Å². The standard InChI is InChI=1S/C17H14N2O2/c1-12(20)18-16-15(13-8-4-2-5-9-13)21-17(19-16)14-10-6-3-7-11-14/h2-11H,1H3,(H,18,20). The average molecular weight is 278 g/mol. The molecule has 1 amide bonds. The Morgan fingerprint density at radius 3 is 2.10 bits per heavy atom. The lowest BCUT2D eigenvalue weighted by Gasteiger charge is -2.00. The lowest BCUT2D eigenvalue weighted by atomic mass is 10.2. The first-order chi connectivity index (χ1) is 10.2. The van der Waals surface area contributed by atoms with Crippen LogP contribution in [0, 0.1) is 0 Å². The van der Waals surface area contributed by atoms with Gasteiger partial charge in [0.1, 0.15) is 0 Å². The Balaban J connectivity index is 2.10. The Labute approximate surface area is 122 Å². The van der Waals surface area contributed by atoms with Gasteiger partial charge in [-0.15, -0.1) is 0 Å². The van der Waals surface area contributed by atoms with Crippen molar-refractivity contribution in [3.63, 3.8) is 0 Å². The molecule has 0 aliphatic carbocycles.